The second-order valence-electron chi connectivity index (χ2n) is 12.9. The lowest BCUT2D eigenvalue weighted by molar-refractivity contribution is -0.135. The maximum atomic E-state index is 13.7. The average Bonchev–Trinajstić information content (AvgIpc) is 3.15. The molecule has 2 heterocycles. The normalized spacial score (nSPS) is 16.9. The highest BCUT2D eigenvalue weighted by Gasteiger charge is 2.51. The Balaban J connectivity index is 0.965. The molecule has 6 aromatic rings. The number of anilines is 2. The largest absolute Gasteiger partial charge is 0.494 e. The summed E-state index contributed by atoms with van der Waals surface area (Å²) in [6, 6.07) is 40.2. The Hall–Kier alpha value is -6.15. The van der Waals surface area contributed by atoms with E-state index in [0.29, 0.717) is 35.7 Å². The molecule has 248 valence electrons. The minimum atomic E-state index is -0.702. The van der Waals surface area contributed by atoms with Crippen molar-refractivity contribution in [2.45, 2.75) is 18.6 Å². The van der Waals surface area contributed by atoms with E-state index in [0.717, 1.165) is 38.5 Å². The van der Waals surface area contributed by atoms with Crippen molar-refractivity contribution in [2.24, 2.45) is 0 Å². The van der Waals surface area contributed by atoms with E-state index < -0.39 is 6.10 Å². The van der Waals surface area contributed by atoms with Gasteiger partial charge in [-0.3, -0.25) is 24.2 Å². The van der Waals surface area contributed by atoms with Gasteiger partial charge in [0.2, 0.25) is 6.10 Å². The molecule has 2 aliphatic rings. The highest BCUT2D eigenvalue weighted by Crippen LogP contribution is 2.42. The molecule has 0 bridgehead atoms. The number of imide groups is 1. The Morgan fingerprint density at radius 3 is 1.98 bits per heavy atom. The van der Waals surface area contributed by atoms with Crippen LogP contribution in [0.3, 0.4) is 0 Å². The van der Waals surface area contributed by atoms with Crippen molar-refractivity contribution in [2.75, 3.05) is 37.0 Å². The summed E-state index contributed by atoms with van der Waals surface area (Å²) in [4.78, 5) is 45.3. The Labute approximate surface area is 290 Å². The molecule has 0 aliphatic carbocycles. The first-order valence-electron chi connectivity index (χ1n) is 16.7. The summed E-state index contributed by atoms with van der Waals surface area (Å²) in [5.74, 6) is 0.627. The van der Waals surface area contributed by atoms with Crippen LogP contribution in [-0.4, -0.2) is 56.0 Å². The van der Waals surface area contributed by atoms with Crippen LogP contribution in [0.4, 0.5) is 11.4 Å². The van der Waals surface area contributed by atoms with Crippen LogP contribution in [0.5, 0.6) is 11.5 Å². The third-order valence-electron chi connectivity index (χ3n) is 9.55. The van der Waals surface area contributed by atoms with Crippen molar-refractivity contribution in [3.05, 3.63) is 144 Å². The van der Waals surface area contributed by atoms with E-state index in [-0.39, 0.29) is 30.3 Å². The van der Waals surface area contributed by atoms with Crippen LogP contribution in [0.25, 0.3) is 21.5 Å². The molecule has 2 atom stereocenters. The average molecular weight is 662 g/mol. The molecular formula is C42H35N3O5. The number of fused-ring (bicyclic) bond motifs is 1. The van der Waals surface area contributed by atoms with Gasteiger partial charge in [0.05, 0.1) is 6.61 Å². The first-order valence-corrected chi connectivity index (χ1v) is 16.7. The third-order valence-corrected chi connectivity index (χ3v) is 9.55. The molecule has 1 fully saturated rings. The lowest BCUT2D eigenvalue weighted by atomic mass is 9.89. The number of benzene rings is 6. The predicted molar refractivity (Wildman–Crippen MR) is 195 cm³/mol. The topological polar surface area (TPSA) is 79.4 Å². The molecule has 8 rings (SSSR count). The molecular weight excluding hydrogens is 626 g/mol. The standard InChI is InChI=1S/C42H35N3O5/c1-43(2)31-17-19-32(20-18-31)45-38(39(42(45)48)50-34-23-14-27-8-3-4-9-30(27)26-34)29-15-21-33(22-16-29)49-25-7-24-44-40(46)35-12-5-10-28-11-6-13-36(37(28)35)41(44)47/h3-6,8-23,26,38-39H,7,24-25H2,1-2H3. The van der Waals surface area contributed by atoms with Crippen LogP contribution < -0.4 is 19.3 Å². The van der Waals surface area contributed by atoms with E-state index in [1.165, 1.54) is 4.90 Å². The number of rotatable bonds is 10. The van der Waals surface area contributed by atoms with Gasteiger partial charge in [0.15, 0.2) is 0 Å². The van der Waals surface area contributed by atoms with Crippen LogP contribution in [-0.2, 0) is 4.79 Å². The van der Waals surface area contributed by atoms with Crippen molar-refractivity contribution in [3.8, 4) is 11.5 Å². The SMILES string of the molecule is CN(C)c1ccc(N2C(=O)C(Oc3ccc4ccccc4c3)C2c2ccc(OCCCN3C(=O)c4cccc5cccc(c45)C3=O)cc2)cc1. The molecule has 50 heavy (non-hydrogen) atoms. The van der Waals surface area contributed by atoms with E-state index in [9.17, 15) is 14.4 Å². The van der Waals surface area contributed by atoms with Crippen molar-refractivity contribution in [3.63, 3.8) is 0 Å². The third kappa shape index (κ3) is 5.48. The van der Waals surface area contributed by atoms with E-state index in [1.54, 1.807) is 17.0 Å². The van der Waals surface area contributed by atoms with Crippen LogP contribution >= 0.6 is 0 Å². The van der Waals surface area contributed by atoms with Crippen molar-refractivity contribution in [1.29, 1.82) is 0 Å². The Kier molecular flexibility index (Phi) is 7.91. The maximum Gasteiger partial charge on any atom is 0.271 e. The summed E-state index contributed by atoms with van der Waals surface area (Å²) in [6.45, 7) is 0.572. The van der Waals surface area contributed by atoms with Crippen molar-refractivity contribution >= 4 is 50.6 Å². The fraction of sp³-hybridized carbons (Fsp3) is 0.167. The molecule has 2 aliphatic heterocycles. The number of hydrogen-bond donors (Lipinski definition) is 0. The van der Waals surface area contributed by atoms with Crippen molar-refractivity contribution in [1.82, 2.24) is 4.90 Å². The molecule has 0 spiro atoms. The summed E-state index contributed by atoms with van der Waals surface area (Å²) in [5, 5.41) is 3.75. The number of nitrogens with zero attached hydrogens (tertiary/aromatic N) is 3. The summed E-state index contributed by atoms with van der Waals surface area (Å²) in [6.07, 6.45) is -0.223. The first kappa shape index (κ1) is 31.1. The lowest BCUT2D eigenvalue weighted by Gasteiger charge is -2.46. The number of hydrogen-bond acceptors (Lipinski definition) is 6. The Morgan fingerprint density at radius 2 is 1.30 bits per heavy atom. The van der Waals surface area contributed by atoms with Gasteiger partial charge in [-0.05, 0) is 88.8 Å². The van der Waals surface area contributed by atoms with Crippen LogP contribution in [0.2, 0.25) is 0 Å². The highest BCUT2D eigenvalue weighted by atomic mass is 16.5. The number of ether oxygens (including phenoxy) is 2. The molecule has 0 N–H and O–H groups in total. The second-order valence-corrected chi connectivity index (χ2v) is 12.9. The Morgan fingerprint density at radius 1 is 0.660 bits per heavy atom. The number of carbonyl (C=O) groups is 3. The van der Waals surface area contributed by atoms with E-state index in [1.807, 2.05) is 134 Å². The van der Waals surface area contributed by atoms with Crippen molar-refractivity contribution < 1.29 is 23.9 Å². The maximum absolute atomic E-state index is 13.7. The quantitative estimate of drug-likeness (QED) is 0.0853. The molecule has 0 radical (unpaired) electrons. The number of amides is 3. The Bertz CT molecular complexity index is 2210. The van der Waals surface area contributed by atoms with Gasteiger partial charge in [-0.1, -0.05) is 66.7 Å². The van der Waals surface area contributed by atoms with Gasteiger partial charge >= 0.3 is 0 Å². The van der Waals surface area contributed by atoms with Gasteiger partial charge in [-0.25, -0.2) is 0 Å². The zero-order valence-electron chi connectivity index (χ0n) is 27.8. The van der Waals surface area contributed by atoms with Gasteiger partial charge in [0, 0.05) is 48.5 Å². The predicted octanol–water partition coefficient (Wildman–Crippen LogP) is 7.66. The summed E-state index contributed by atoms with van der Waals surface area (Å²) in [7, 11) is 3.96. The fourth-order valence-electron chi connectivity index (χ4n) is 6.95. The van der Waals surface area contributed by atoms with Gasteiger partial charge < -0.3 is 14.4 Å². The van der Waals surface area contributed by atoms with Crippen LogP contribution in [0.15, 0.2) is 127 Å². The van der Waals surface area contributed by atoms with Crippen LogP contribution in [0.1, 0.15) is 38.7 Å². The van der Waals surface area contributed by atoms with Gasteiger partial charge in [0.1, 0.15) is 17.5 Å². The molecule has 0 aromatic heterocycles. The van der Waals surface area contributed by atoms with Gasteiger partial charge in [-0.15, -0.1) is 0 Å². The zero-order chi connectivity index (χ0) is 34.4. The second kappa shape index (κ2) is 12.7. The number of β-lactam (4-membered cyclic amide) rings is 1. The van der Waals surface area contributed by atoms with E-state index in [2.05, 4.69) is 0 Å². The monoisotopic (exact) mass is 661 g/mol. The lowest BCUT2D eigenvalue weighted by Crippen LogP contribution is -2.61. The zero-order valence-corrected chi connectivity index (χ0v) is 27.8. The van der Waals surface area contributed by atoms with Gasteiger partial charge in [-0.2, -0.15) is 0 Å². The van der Waals surface area contributed by atoms with Crippen LogP contribution in [0, 0.1) is 0 Å². The smallest absolute Gasteiger partial charge is 0.271 e. The number of carbonyl (C=O) groups excluding carboxylic acids is 3. The molecule has 6 aromatic carbocycles. The molecule has 3 amide bonds. The summed E-state index contributed by atoms with van der Waals surface area (Å²) < 4.78 is 12.4. The summed E-state index contributed by atoms with van der Waals surface area (Å²) in [5.41, 5.74) is 3.85. The minimum absolute atomic E-state index is 0.109. The highest BCUT2D eigenvalue weighted by molar-refractivity contribution is 6.25. The van der Waals surface area contributed by atoms with Gasteiger partial charge in [0.25, 0.3) is 17.7 Å². The van der Waals surface area contributed by atoms with E-state index >= 15 is 0 Å². The minimum Gasteiger partial charge on any atom is -0.494 e. The fourth-order valence-corrected chi connectivity index (χ4v) is 6.95. The molecule has 1 saturated heterocycles. The molecule has 2 unspecified atom stereocenters. The first-order chi connectivity index (χ1) is 24.4. The molecule has 8 nitrogen and oxygen atoms in total. The summed E-state index contributed by atoms with van der Waals surface area (Å²) >= 11 is 0. The van der Waals surface area contributed by atoms with E-state index in [4.69, 9.17) is 9.47 Å². The molecule has 8 heteroatoms. The molecule has 0 saturated carbocycles.